The van der Waals surface area contributed by atoms with E-state index in [9.17, 15) is 4.79 Å². The van der Waals surface area contributed by atoms with Gasteiger partial charge in [-0.25, -0.2) is 0 Å². The van der Waals surface area contributed by atoms with Gasteiger partial charge < -0.3 is 9.84 Å². The second-order valence-corrected chi connectivity index (χ2v) is 6.28. The molecule has 4 heteroatoms. The van der Waals surface area contributed by atoms with Gasteiger partial charge >= 0.3 is 5.97 Å². The predicted molar refractivity (Wildman–Crippen MR) is 95.4 cm³/mol. The van der Waals surface area contributed by atoms with Gasteiger partial charge in [0.05, 0.1) is 6.54 Å². The Kier molecular flexibility index (Phi) is 6.38. The second kappa shape index (κ2) is 8.50. The van der Waals surface area contributed by atoms with Crippen molar-refractivity contribution in [3.05, 3.63) is 65.2 Å². The number of carboxylic acid groups (broad SMARTS) is 1. The van der Waals surface area contributed by atoms with E-state index in [1.165, 1.54) is 11.1 Å². The summed E-state index contributed by atoms with van der Waals surface area (Å²) in [4.78, 5) is 12.6. The van der Waals surface area contributed by atoms with Crippen molar-refractivity contribution < 1.29 is 14.6 Å². The molecule has 0 radical (unpaired) electrons. The summed E-state index contributed by atoms with van der Waals surface area (Å²) in [5.74, 6) is 0.0371. The Labute approximate surface area is 143 Å². The highest BCUT2D eigenvalue weighted by Gasteiger charge is 2.12. The zero-order valence-electron chi connectivity index (χ0n) is 14.5. The molecule has 0 aliphatic heterocycles. The van der Waals surface area contributed by atoms with E-state index in [2.05, 4.69) is 31.2 Å². The number of nitrogens with zero attached hydrogens (tertiary/aromatic N) is 1. The molecule has 24 heavy (non-hydrogen) atoms. The van der Waals surface area contributed by atoms with Gasteiger partial charge in [-0.1, -0.05) is 42.0 Å². The summed E-state index contributed by atoms with van der Waals surface area (Å²) < 4.78 is 5.80. The summed E-state index contributed by atoms with van der Waals surface area (Å²) in [5, 5.41) is 8.85. The van der Waals surface area contributed by atoms with Crippen LogP contribution in [0.25, 0.3) is 0 Å². The molecule has 0 fully saturated rings. The molecular formula is C20H25NO3. The van der Waals surface area contributed by atoms with Crippen molar-refractivity contribution in [2.24, 2.45) is 0 Å². The van der Waals surface area contributed by atoms with E-state index in [0.29, 0.717) is 6.61 Å². The fourth-order valence-corrected chi connectivity index (χ4v) is 2.44. The molecular weight excluding hydrogens is 302 g/mol. The number of aryl methyl sites for hydroxylation is 1. The Hall–Kier alpha value is -2.33. The molecule has 2 rings (SSSR count). The number of carbonyl (C=O) groups is 1. The monoisotopic (exact) mass is 327 g/mol. The molecule has 2 aromatic carbocycles. The zero-order valence-corrected chi connectivity index (χ0v) is 14.5. The molecule has 4 nitrogen and oxygen atoms in total. The molecule has 0 bridgehead atoms. The van der Waals surface area contributed by atoms with Crippen LogP contribution in [0.5, 0.6) is 5.75 Å². The van der Waals surface area contributed by atoms with E-state index < -0.39 is 5.97 Å². The van der Waals surface area contributed by atoms with Crippen molar-refractivity contribution >= 4 is 5.97 Å². The third kappa shape index (κ3) is 5.70. The first kappa shape index (κ1) is 18.0. The quantitative estimate of drug-likeness (QED) is 0.806. The average molecular weight is 327 g/mol. The Bertz CT molecular complexity index is 650. The Morgan fingerprint density at radius 3 is 2.25 bits per heavy atom. The van der Waals surface area contributed by atoms with Crippen LogP contribution in [-0.4, -0.2) is 35.6 Å². The highest BCUT2D eigenvalue weighted by Crippen LogP contribution is 2.16. The van der Waals surface area contributed by atoms with Gasteiger partial charge in [-0.2, -0.15) is 0 Å². The highest BCUT2D eigenvalue weighted by atomic mass is 16.5. The maximum Gasteiger partial charge on any atom is 0.317 e. The number of likely N-dealkylation sites (N-methyl/N-ethyl adjacent to an activating group) is 1. The van der Waals surface area contributed by atoms with Gasteiger partial charge in [0, 0.05) is 6.04 Å². The van der Waals surface area contributed by atoms with Crippen LogP contribution in [-0.2, 0) is 17.8 Å². The number of ether oxygens (including phenoxy) is 1. The van der Waals surface area contributed by atoms with E-state index in [0.717, 1.165) is 17.7 Å². The Balaban J connectivity index is 1.86. The van der Waals surface area contributed by atoms with E-state index in [1.54, 1.807) is 0 Å². The van der Waals surface area contributed by atoms with Crippen molar-refractivity contribution in [1.29, 1.82) is 0 Å². The second-order valence-electron chi connectivity index (χ2n) is 6.28. The van der Waals surface area contributed by atoms with Crippen LogP contribution in [0.4, 0.5) is 0 Å². The first-order chi connectivity index (χ1) is 11.4. The molecule has 0 amide bonds. The van der Waals surface area contributed by atoms with Gasteiger partial charge in [-0.05, 0) is 50.6 Å². The zero-order chi connectivity index (χ0) is 17.5. The summed E-state index contributed by atoms with van der Waals surface area (Å²) >= 11 is 0. The van der Waals surface area contributed by atoms with Crippen LogP contribution in [0.2, 0.25) is 0 Å². The Morgan fingerprint density at radius 2 is 1.67 bits per heavy atom. The van der Waals surface area contributed by atoms with Crippen molar-refractivity contribution in [2.45, 2.75) is 32.9 Å². The molecule has 2 aromatic rings. The number of rotatable bonds is 8. The van der Waals surface area contributed by atoms with Crippen LogP contribution in [0, 0.1) is 6.92 Å². The molecule has 0 aliphatic carbocycles. The first-order valence-corrected chi connectivity index (χ1v) is 8.13. The summed E-state index contributed by atoms with van der Waals surface area (Å²) in [7, 11) is 1.83. The third-order valence-electron chi connectivity index (χ3n) is 4.12. The molecule has 0 saturated carbocycles. The highest BCUT2D eigenvalue weighted by molar-refractivity contribution is 5.69. The minimum Gasteiger partial charge on any atom is -0.489 e. The summed E-state index contributed by atoms with van der Waals surface area (Å²) in [6.07, 6.45) is 0.808. The number of hydrogen-bond acceptors (Lipinski definition) is 3. The number of hydrogen-bond donors (Lipinski definition) is 1. The third-order valence-corrected chi connectivity index (χ3v) is 4.12. The minimum absolute atomic E-state index is 0.0545. The number of aliphatic carboxylic acids is 1. The van der Waals surface area contributed by atoms with E-state index in [1.807, 2.05) is 43.1 Å². The molecule has 1 N–H and O–H groups in total. The maximum atomic E-state index is 10.8. The van der Waals surface area contributed by atoms with Gasteiger partial charge in [0.15, 0.2) is 0 Å². The van der Waals surface area contributed by atoms with Crippen molar-refractivity contribution in [2.75, 3.05) is 13.6 Å². The molecule has 0 aromatic heterocycles. The predicted octanol–water partition coefficient (Wildman–Crippen LogP) is 3.52. The molecule has 0 heterocycles. The average Bonchev–Trinajstić information content (AvgIpc) is 2.55. The lowest BCUT2D eigenvalue weighted by Crippen LogP contribution is -2.35. The lowest BCUT2D eigenvalue weighted by Gasteiger charge is -2.22. The van der Waals surface area contributed by atoms with Crippen molar-refractivity contribution in [3.8, 4) is 5.75 Å². The standard InChI is InChI=1S/C20H25NO3/c1-15-4-6-18(7-5-15)14-24-19-10-8-17(9-11-19)12-16(2)21(3)13-20(22)23/h4-11,16H,12-14H2,1-3H3,(H,22,23)/t16-/m1/s1. The smallest absolute Gasteiger partial charge is 0.317 e. The van der Waals surface area contributed by atoms with Gasteiger partial charge in [0.25, 0.3) is 0 Å². The SMILES string of the molecule is Cc1ccc(COc2ccc(C[C@@H](C)N(C)CC(=O)O)cc2)cc1. The summed E-state index contributed by atoms with van der Waals surface area (Å²) in [5.41, 5.74) is 3.56. The molecule has 0 unspecified atom stereocenters. The Morgan fingerprint density at radius 1 is 1.08 bits per heavy atom. The van der Waals surface area contributed by atoms with Crippen molar-refractivity contribution in [3.63, 3.8) is 0 Å². The normalized spacial score (nSPS) is 12.2. The first-order valence-electron chi connectivity index (χ1n) is 8.13. The minimum atomic E-state index is -0.802. The molecule has 128 valence electrons. The molecule has 0 aliphatic rings. The van der Waals surface area contributed by atoms with Crippen LogP contribution in [0.1, 0.15) is 23.6 Å². The fraction of sp³-hybridized carbons (Fsp3) is 0.350. The van der Waals surface area contributed by atoms with E-state index in [-0.39, 0.29) is 12.6 Å². The van der Waals surface area contributed by atoms with Gasteiger partial charge in [0.2, 0.25) is 0 Å². The van der Waals surface area contributed by atoms with Crippen LogP contribution in [0.15, 0.2) is 48.5 Å². The van der Waals surface area contributed by atoms with E-state index >= 15 is 0 Å². The molecule has 1 atom stereocenters. The fourth-order valence-electron chi connectivity index (χ4n) is 2.44. The summed E-state index contributed by atoms with van der Waals surface area (Å²) in [6, 6.07) is 16.5. The largest absolute Gasteiger partial charge is 0.489 e. The van der Waals surface area contributed by atoms with Crippen molar-refractivity contribution in [1.82, 2.24) is 4.90 Å². The molecule has 0 spiro atoms. The topological polar surface area (TPSA) is 49.8 Å². The van der Waals surface area contributed by atoms with Gasteiger partial charge in [-0.15, -0.1) is 0 Å². The van der Waals surface area contributed by atoms with E-state index in [4.69, 9.17) is 9.84 Å². The number of benzene rings is 2. The summed E-state index contributed by atoms with van der Waals surface area (Å²) in [6.45, 7) is 4.71. The van der Waals surface area contributed by atoms with Gasteiger partial charge in [0.1, 0.15) is 12.4 Å². The van der Waals surface area contributed by atoms with Crippen LogP contribution in [0.3, 0.4) is 0 Å². The number of carboxylic acids is 1. The van der Waals surface area contributed by atoms with Crippen LogP contribution >= 0.6 is 0 Å². The maximum absolute atomic E-state index is 10.8. The molecule has 0 saturated heterocycles. The lowest BCUT2D eigenvalue weighted by molar-refractivity contribution is -0.138. The lowest BCUT2D eigenvalue weighted by atomic mass is 10.1. The van der Waals surface area contributed by atoms with Gasteiger partial charge in [-0.3, -0.25) is 9.69 Å². The van der Waals surface area contributed by atoms with Crippen LogP contribution < -0.4 is 4.74 Å².